The number of aliphatic hydroxyl groups is 1. The summed E-state index contributed by atoms with van der Waals surface area (Å²) in [6, 6.07) is 7.56. The van der Waals surface area contributed by atoms with Crippen molar-refractivity contribution in [3.05, 3.63) is 53.3 Å². The molecule has 3 nitrogen and oxygen atoms in total. The Bertz CT molecular complexity index is 632. The van der Waals surface area contributed by atoms with Gasteiger partial charge in [0, 0.05) is 6.07 Å². The average Bonchev–Trinajstić information content (AvgIpc) is 2.83. The van der Waals surface area contributed by atoms with E-state index in [2.05, 4.69) is 5.10 Å². The van der Waals surface area contributed by atoms with Gasteiger partial charge in [-0.3, -0.25) is 4.68 Å². The maximum atomic E-state index is 12.8. The molecule has 0 aliphatic rings. The Kier molecular flexibility index (Phi) is 4.19. The maximum Gasteiger partial charge on any atom is 0.435 e. The molecule has 0 saturated carbocycles. The van der Waals surface area contributed by atoms with Gasteiger partial charge in [0.15, 0.2) is 5.69 Å². The maximum absolute atomic E-state index is 12.8. The molecule has 1 heterocycles. The van der Waals surface area contributed by atoms with Gasteiger partial charge in [0.1, 0.15) is 5.69 Å². The van der Waals surface area contributed by atoms with E-state index < -0.39 is 36.4 Å². The Morgan fingerprint density at radius 3 is 2.09 bits per heavy atom. The quantitative estimate of drug-likeness (QED) is 0.875. The topological polar surface area (TPSA) is 38.0 Å². The molecule has 0 amide bonds. The van der Waals surface area contributed by atoms with Crippen molar-refractivity contribution in [2.24, 2.45) is 0 Å². The lowest BCUT2D eigenvalue weighted by Gasteiger charge is -2.14. The largest absolute Gasteiger partial charge is 0.435 e. The average molecular weight is 324 g/mol. The highest BCUT2D eigenvalue weighted by Crippen LogP contribution is 2.35. The highest BCUT2D eigenvalue weighted by Gasteiger charge is 2.42. The number of aliphatic hydroxyl groups excluding tert-OH is 1. The molecule has 1 N–H and O–H groups in total. The van der Waals surface area contributed by atoms with Gasteiger partial charge >= 0.3 is 12.4 Å². The SMILES string of the molecule is OC(Cn1nc(C(F)(F)F)cc1C(F)(F)F)c1ccccc1. The number of rotatable bonds is 3. The van der Waals surface area contributed by atoms with E-state index in [0.717, 1.165) is 0 Å². The van der Waals surface area contributed by atoms with Gasteiger partial charge in [0.25, 0.3) is 0 Å². The number of hydrogen-bond donors (Lipinski definition) is 1. The number of halogens is 6. The van der Waals surface area contributed by atoms with Crippen LogP contribution in [-0.2, 0) is 18.9 Å². The highest BCUT2D eigenvalue weighted by molar-refractivity contribution is 5.19. The van der Waals surface area contributed by atoms with Crippen molar-refractivity contribution >= 4 is 0 Å². The van der Waals surface area contributed by atoms with Crippen molar-refractivity contribution in [1.29, 1.82) is 0 Å². The van der Waals surface area contributed by atoms with Gasteiger partial charge in [-0.25, -0.2) is 0 Å². The van der Waals surface area contributed by atoms with Gasteiger partial charge in [0.2, 0.25) is 0 Å². The van der Waals surface area contributed by atoms with Crippen molar-refractivity contribution in [3.8, 4) is 0 Å². The molecule has 0 bridgehead atoms. The zero-order valence-corrected chi connectivity index (χ0v) is 10.9. The van der Waals surface area contributed by atoms with Gasteiger partial charge in [-0.2, -0.15) is 31.4 Å². The summed E-state index contributed by atoms with van der Waals surface area (Å²) in [5.41, 5.74) is -2.94. The lowest BCUT2D eigenvalue weighted by atomic mass is 10.1. The second-order valence-corrected chi connectivity index (χ2v) is 4.52. The third kappa shape index (κ3) is 3.59. The van der Waals surface area contributed by atoms with E-state index in [0.29, 0.717) is 0 Å². The summed E-state index contributed by atoms with van der Waals surface area (Å²) in [5.74, 6) is 0. The molecule has 0 saturated heterocycles. The zero-order chi connectivity index (χ0) is 16.5. The van der Waals surface area contributed by atoms with Crippen LogP contribution >= 0.6 is 0 Å². The molecular weight excluding hydrogens is 314 g/mol. The fourth-order valence-electron chi connectivity index (χ4n) is 1.87. The van der Waals surface area contributed by atoms with Gasteiger partial charge in [-0.1, -0.05) is 30.3 Å². The van der Waals surface area contributed by atoms with E-state index in [1.807, 2.05) is 0 Å². The van der Waals surface area contributed by atoms with Crippen molar-refractivity contribution in [2.45, 2.75) is 25.0 Å². The second kappa shape index (κ2) is 5.64. The van der Waals surface area contributed by atoms with Crippen molar-refractivity contribution in [2.75, 3.05) is 0 Å². The summed E-state index contributed by atoms with van der Waals surface area (Å²) < 4.78 is 76.1. The molecule has 120 valence electrons. The summed E-state index contributed by atoms with van der Waals surface area (Å²) in [4.78, 5) is 0. The van der Waals surface area contributed by atoms with Crippen LogP contribution in [0.15, 0.2) is 36.4 Å². The fourth-order valence-corrected chi connectivity index (χ4v) is 1.87. The molecule has 1 atom stereocenters. The Hall–Kier alpha value is -2.03. The molecule has 2 aromatic rings. The normalized spacial score (nSPS) is 14.1. The summed E-state index contributed by atoms with van der Waals surface area (Å²) in [6.07, 6.45) is -11.4. The summed E-state index contributed by atoms with van der Waals surface area (Å²) in [7, 11) is 0. The third-order valence-corrected chi connectivity index (χ3v) is 2.89. The summed E-state index contributed by atoms with van der Waals surface area (Å²) in [6.45, 7) is -0.741. The van der Waals surface area contributed by atoms with E-state index in [4.69, 9.17) is 0 Å². The van der Waals surface area contributed by atoms with Gasteiger partial charge < -0.3 is 5.11 Å². The van der Waals surface area contributed by atoms with E-state index in [9.17, 15) is 31.4 Å². The number of alkyl halides is 6. The fraction of sp³-hybridized carbons (Fsp3) is 0.308. The van der Waals surface area contributed by atoms with Crippen LogP contribution in [0.3, 0.4) is 0 Å². The Morgan fingerprint density at radius 1 is 1.00 bits per heavy atom. The van der Waals surface area contributed by atoms with Crippen LogP contribution in [0.1, 0.15) is 23.1 Å². The molecule has 1 aromatic carbocycles. The monoisotopic (exact) mass is 324 g/mol. The van der Waals surface area contributed by atoms with Crippen molar-refractivity contribution in [3.63, 3.8) is 0 Å². The first-order valence-electron chi connectivity index (χ1n) is 6.04. The van der Waals surface area contributed by atoms with Crippen LogP contribution in [0.25, 0.3) is 0 Å². The summed E-state index contributed by atoms with van der Waals surface area (Å²) >= 11 is 0. The molecule has 9 heteroatoms. The van der Waals surface area contributed by atoms with Gasteiger partial charge in [0.05, 0.1) is 12.6 Å². The van der Waals surface area contributed by atoms with E-state index in [1.165, 1.54) is 12.1 Å². The minimum absolute atomic E-state index is 0.0717. The smallest absolute Gasteiger partial charge is 0.386 e. The minimum atomic E-state index is -5.01. The van der Waals surface area contributed by atoms with Crippen LogP contribution in [0.5, 0.6) is 0 Å². The molecule has 0 fully saturated rings. The zero-order valence-electron chi connectivity index (χ0n) is 10.9. The van der Waals surface area contributed by atoms with Crippen molar-refractivity contribution < 1.29 is 31.4 Å². The van der Waals surface area contributed by atoms with Gasteiger partial charge in [-0.15, -0.1) is 0 Å². The van der Waals surface area contributed by atoms with Crippen LogP contribution < -0.4 is 0 Å². The lowest BCUT2D eigenvalue weighted by Crippen LogP contribution is -2.18. The molecule has 0 aliphatic carbocycles. The molecule has 2 rings (SSSR count). The predicted molar refractivity (Wildman–Crippen MR) is 63.6 cm³/mol. The molecule has 0 radical (unpaired) electrons. The van der Waals surface area contributed by atoms with Crippen molar-refractivity contribution in [1.82, 2.24) is 9.78 Å². The number of aromatic nitrogens is 2. The first-order chi connectivity index (χ1) is 10.1. The number of nitrogens with zero attached hydrogens (tertiary/aromatic N) is 2. The first kappa shape index (κ1) is 16.3. The predicted octanol–water partition coefficient (Wildman–Crippen LogP) is 3.65. The first-order valence-corrected chi connectivity index (χ1v) is 6.04. The Balaban J connectivity index is 2.35. The summed E-state index contributed by atoms with van der Waals surface area (Å²) in [5, 5.41) is 12.8. The number of benzene rings is 1. The third-order valence-electron chi connectivity index (χ3n) is 2.89. The van der Waals surface area contributed by atoms with Crippen LogP contribution in [-0.4, -0.2) is 14.9 Å². The lowest BCUT2D eigenvalue weighted by molar-refractivity contribution is -0.144. The highest BCUT2D eigenvalue weighted by atomic mass is 19.4. The van der Waals surface area contributed by atoms with Crippen LogP contribution in [0.4, 0.5) is 26.3 Å². The minimum Gasteiger partial charge on any atom is -0.386 e. The molecule has 22 heavy (non-hydrogen) atoms. The van der Waals surface area contributed by atoms with Crippen LogP contribution in [0, 0.1) is 0 Å². The van der Waals surface area contributed by atoms with Crippen LogP contribution in [0.2, 0.25) is 0 Å². The van der Waals surface area contributed by atoms with E-state index >= 15 is 0 Å². The number of hydrogen-bond acceptors (Lipinski definition) is 2. The molecule has 0 spiro atoms. The second-order valence-electron chi connectivity index (χ2n) is 4.52. The molecule has 1 unspecified atom stereocenters. The van der Waals surface area contributed by atoms with E-state index in [1.54, 1.807) is 18.2 Å². The standard InChI is InChI=1S/C13H10F6N2O/c14-12(15,16)10-6-11(13(17,18)19)21(20-10)7-9(22)8-4-2-1-3-5-8/h1-6,9,22H,7H2. The Morgan fingerprint density at radius 2 is 1.59 bits per heavy atom. The molecule has 1 aromatic heterocycles. The van der Waals surface area contributed by atoms with E-state index in [-0.39, 0.29) is 16.3 Å². The van der Waals surface area contributed by atoms with Gasteiger partial charge in [-0.05, 0) is 5.56 Å². The molecule has 0 aliphatic heterocycles. The Labute approximate surface area is 120 Å². The molecular formula is C13H10F6N2O.